The van der Waals surface area contributed by atoms with Crippen molar-refractivity contribution in [3.63, 3.8) is 0 Å². The Kier molecular flexibility index (Phi) is 3.22. The maximum Gasteiger partial charge on any atom is 0.273 e. The predicted octanol–water partition coefficient (Wildman–Crippen LogP) is 1.50. The van der Waals surface area contributed by atoms with Gasteiger partial charge in [-0.05, 0) is 18.3 Å². The molecule has 0 atom stereocenters. The molecule has 1 saturated carbocycles. The van der Waals surface area contributed by atoms with Crippen LogP contribution in [0.5, 0.6) is 0 Å². The highest BCUT2D eigenvalue weighted by molar-refractivity contribution is 5.91. The lowest BCUT2D eigenvalue weighted by Gasteiger charge is -2.33. The second kappa shape index (κ2) is 4.63. The smallest absolute Gasteiger partial charge is 0.273 e. The van der Waals surface area contributed by atoms with Crippen LogP contribution in [0.2, 0.25) is 0 Å². The van der Waals surface area contributed by atoms with Crippen LogP contribution >= 0.6 is 0 Å². The fraction of sp³-hybridized carbons (Fsp3) is 0.727. The van der Waals surface area contributed by atoms with Gasteiger partial charge >= 0.3 is 0 Å². The summed E-state index contributed by atoms with van der Waals surface area (Å²) in [6.07, 6.45) is 7.72. The van der Waals surface area contributed by atoms with Crippen LogP contribution in [0.4, 0.5) is 0 Å². The van der Waals surface area contributed by atoms with Crippen molar-refractivity contribution in [1.82, 2.24) is 20.7 Å². The van der Waals surface area contributed by atoms with E-state index in [0.717, 1.165) is 6.54 Å². The van der Waals surface area contributed by atoms with Crippen LogP contribution in [-0.2, 0) is 0 Å². The lowest BCUT2D eigenvalue weighted by molar-refractivity contribution is 0.0914. The average molecular weight is 222 g/mol. The summed E-state index contributed by atoms with van der Waals surface area (Å²) in [5, 5.41) is 12.7. The van der Waals surface area contributed by atoms with Crippen molar-refractivity contribution in [1.29, 1.82) is 0 Å². The molecule has 0 saturated heterocycles. The van der Waals surface area contributed by atoms with Crippen LogP contribution in [0.3, 0.4) is 0 Å². The van der Waals surface area contributed by atoms with Gasteiger partial charge in [0.2, 0.25) is 0 Å². The van der Waals surface area contributed by atoms with Crippen LogP contribution in [0.1, 0.15) is 49.5 Å². The third-order valence-electron chi connectivity index (χ3n) is 3.38. The van der Waals surface area contributed by atoms with E-state index in [1.54, 1.807) is 0 Å². The Balaban J connectivity index is 1.84. The maximum absolute atomic E-state index is 11.7. The molecule has 1 aromatic heterocycles. The van der Waals surface area contributed by atoms with Crippen molar-refractivity contribution in [2.24, 2.45) is 5.41 Å². The monoisotopic (exact) mass is 222 g/mol. The van der Waals surface area contributed by atoms with Gasteiger partial charge in [-0.3, -0.25) is 4.79 Å². The molecular formula is C11H18N4O. The summed E-state index contributed by atoms with van der Waals surface area (Å²) in [7, 11) is 0. The van der Waals surface area contributed by atoms with Crippen LogP contribution in [0.15, 0.2) is 6.20 Å². The molecule has 5 heteroatoms. The molecular weight excluding hydrogens is 204 g/mol. The SMILES string of the molecule is CC1(CNC(=O)c2cn[nH]n2)CCCCC1. The molecule has 1 heterocycles. The topological polar surface area (TPSA) is 70.7 Å². The molecule has 16 heavy (non-hydrogen) atoms. The number of carbonyl (C=O) groups is 1. The van der Waals surface area contributed by atoms with E-state index in [1.807, 2.05) is 0 Å². The van der Waals surface area contributed by atoms with E-state index in [4.69, 9.17) is 0 Å². The Labute approximate surface area is 95.0 Å². The molecule has 2 N–H and O–H groups in total. The Bertz CT molecular complexity index is 341. The first-order valence-corrected chi connectivity index (χ1v) is 5.84. The fourth-order valence-electron chi connectivity index (χ4n) is 2.28. The highest BCUT2D eigenvalue weighted by atomic mass is 16.1. The summed E-state index contributed by atoms with van der Waals surface area (Å²) in [5.41, 5.74) is 0.622. The van der Waals surface area contributed by atoms with Gasteiger partial charge in [0.05, 0.1) is 6.20 Å². The van der Waals surface area contributed by atoms with E-state index >= 15 is 0 Å². The van der Waals surface area contributed by atoms with Gasteiger partial charge in [-0.25, -0.2) is 0 Å². The molecule has 0 aliphatic heterocycles. The molecule has 0 bridgehead atoms. The number of aromatic nitrogens is 3. The first-order valence-electron chi connectivity index (χ1n) is 5.84. The Morgan fingerprint density at radius 2 is 2.25 bits per heavy atom. The predicted molar refractivity (Wildman–Crippen MR) is 59.9 cm³/mol. The van der Waals surface area contributed by atoms with Crippen LogP contribution in [0, 0.1) is 5.41 Å². The Morgan fingerprint density at radius 3 is 2.88 bits per heavy atom. The summed E-state index contributed by atoms with van der Waals surface area (Å²) in [6, 6.07) is 0. The van der Waals surface area contributed by atoms with Gasteiger partial charge in [-0.15, -0.1) is 0 Å². The molecule has 0 radical (unpaired) electrons. The molecule has 0 spiro atoms. The Morgan fingerprint density at radius 1 is 1.50 bits per heavy atom. The van der Waals surface area contributed by atoms with Crippen LogP contribution in [-0.4, -0.2) is 27.9 Å². The number of H-pyrrole nitrogens is 1. The Hall–Kier alpha value is -1.39. The standard InChI is InChI=1S/C11H18N4O/c1-11(5-3-2-4-6-11)8-12-10(16)9-7-13-15-14-9/h7H,2-6,8H2,1H3,(H,12,16)(H,13,14,15). The van der Waals surface area contributed by atoms with Gasteiger partial charge in [0, 0.05) is 6.54 Å². The van der Waals surface area contributed by atoms with Crippen molar-refractivity contribution in [2.45, 2.75) is 39.0 Å². The average Bonchev–Trinajstić information content (AvgIpc) is 2.80. The maximum atomic E-state index is 11.7. The molecule has 88 valence electrons. The van der Waals surface area contributed by atoms with E-state index in [0.29, 0.717) is 5.69 Å². The number of amides is 1. The van der Waals surface area contributed by atoms with Gasteiger partial charge < -0.3 is 5.32 Å². The first kappa shape index (κ1) is 11.1. The number of rotatable bonds is 3. The number of nitrogens with zero attached hydrogens (tertiary/aromatic N) is 2. The van der Waals surface area contributed by atoms with Crippen molar-refractivity contribution in [3.8, 4) is 0 Å². The van der Waals surface area contributed by atoms with E-state index in [-0.39, 0.29) is 11.3 Å². The quantitative estimate of drug-likeness (QED) is 0.814. The minimum atomic E-state index is -0.138. The number of hydrogen-bond donors (Lipinski definition) is 2. The van der Waals surface area contributed by atoms with Gasteiger partial charge in [-0.1, -0.05) is 26.2 Å². The lowest BCUT2D eigenvalue weighted by atomic mass is 9.76. The zero-order chi connectivity index (χ0) is 11.4. The van der Waals surface area contributed by atoms with Gasteiger partial charge in [0.15, 0.2) is 5.69 Å². The minimum absolute atomic E-state index is 0.138. The molecule has 1 amide bonds. The summed E-state index contributed by atoms with van der Waals surface area (Å²) < 4.78 is 0. The number of aromatic amines is 1. The third kappa shape index (κ3) is 2.59. The summed E-state index contributed by atoms with van der Waals surface area (Å²) in [4.78, 5) is 11.7. The minimum Gasteiger partial charge on any atom is -0.350 e. The van der Waals surface area contributed by atoms with E-state index in [1.165, 1.54) is 38.3 Å². The molecule has 1 aliphatic rings. The van der Waals surface area contributed by atoms with Gasteiger partial charge in [0.1, 0.15) is 0 Å². The van der Waals surface area contributed by atoms with E-state index in [2.05, 4.69) is 27.7 Å². The van der Waals surface area contributed by atoms with E-state index in [9.17, 15) is 4.79 Å². The number of carbonyl (C=O) groups excluding carboxylic acids is 1. The normalized spacial score (nSPS) is 19.3. The third-order valence-corrected chi connectivity index (χ3v) is 3.38. The highest BCUT2D eigenvalue weighted by Crippen LogP contribution is 2.34. The van der Waals surface area contributed by atoms with Gasteiger partial charge in [0.25, 0.3) is 5.91 Å². The molecule has 0 unspecified atom stereocenters. The molecule has 1 aliphatic carbocycles. The van der Waals surface area contributed by atoms with Crippen molar-refractivity contribution < 1.29 is 4.79 Å². The fourth-order valence-corrected chi connectivity index (χ4v) is 2.28. The molecule has 5 nitrogen and oxygen atoms in total. The van der Waals surface area contributed by atoms with Crippen LogP contribution < -0.4 is 5.32 Å². The van der Waals surface area contributed by atoms with E-state index < -0.39 is 0 Å². The van der Waals surface area contributed by atoms with Crippen molar-refractivity contribution >= 4 is 5.91 Å². The zero-order valence-electron chi connectivity index (χ0n) is 9.62. The van der Waals surface area contributed by atoms with Crippen molar-refractivity contribution in [3.05, 3.63) is 11.9 Å². The molecule has 1 fully saturated rings. The number of nitrogens with one attached hydrogen (secondary N) is 2. The summed E-state index contributed by atoms with van der Waals surface area (Å²) >= 11 is 0. The molecule has 0 aromatic carbocycles. The first-order chi connectivity index (χ1) is 7.70. The second-order valence-electron chi connectivity index (χ2n) is 4.91. The molecule has 2 rings (SSSR count). The molecule has 1 aromatic rings. The van der Waals surface area contributed by atoms with Crippen LogP contribution in [0.25, 0.3) is 0 Å². The largest absolute Gasteiger partial charge is 0.350 e. The summed E-state index contributed by atoms with van der Waals surface area (Å²) in [5.74, 6) is -0.138. The number of hydrogen-bond acceptors (Lipinski definition) is 3. The second-order valence-corrected chi connectivity index (χ2v) is 4.91. The summed E-state index contributed by atoms with van der Waals surface area (Å²) in [6.45, 7) is 2.98. The lowest BCUT2D eigenvalue weighted by Crippen LogP contribution is -2.37. The highest BCUT2D eigenvalue weighted by Gasteiger charge is 2.27. The van der Waals surface area contributed by atoms with Crippen molar-refractivity contribution in [2.75, 3.05) is 6.54 Å². The zero-order valence-corrected chi connectivity index (χ0v) is 9.62. The van der Waals surface area contributed by atoms with Gasteiger partial charge in [-0.2, -0.15) is 15.4 Å².